The molecule has 0 aliphatic heterocycles. The lowest BCUT2D eigenvalue weighted by Crippen LogP contribution is -2.29. The first kappa shape index (κ1) is 36.7. The molecular formula is C27H33N3O13S2. The molecule has 16 nitrogen and oxygen atoms in total. The fourth-order valence-electron chi connectivity index (χ4n) is 3.81. The summed E-state index contributed by atoms with van der Waals surface area (Å²) in [7, 11) is -2.86. The molecule has 0 radical (unpaired) electrons. The largest absolute Gasteiger partial charge is 0.461 e. The van der Waals surface area contributed by atoms with Gasteiger partial charge in [0.25, 0.3) is 10.2 Å². The Hall–Kier alpha value is -4.45. The standard InChI is InChI=1S/C27H33N3O13S2/c1-17(2)13-19-5-7-20(8-6-19)18(3)26(32)28-21-9-10-24(23(14-21)27(33)40-11-12-44-45(4,38)39)42-25(31)15-22(43-30(36)37)16-41-29(34)35/h5-10,14,17-18,22H,11-13,15-16H2,1-4H3,(H,28,32). The molecule has 0 fully saturated rings. The van der Waals surface area contributed by atoms with E-state index >= 15 is 0 Å². The number of hydrogen-bond acceptors (Lipinski definition) is 14. The number of hydrogen-bond donors (Lipinski definition) is 1. The Morgan fingerprint density at radius 2 is 1.67 bits per heavy atom. The molecule has 0 bridgehead atoms. The quantitative estimate of drug-likeness (QED) is 0.0598. The number of carbonyl (C=O) groups excluding carboxylic acids is 3. The Morgan fingerprint density at radius 3 is 2.24 bits per heavy atom. The topological polar surface area (TPSA) is 221 Å². The molecule has 1 amide bonds. The zero-order valence-corrected chi connectivity index (χ0v) is 26.5. The zero-order chi connectivity index (χ0) is 33.7. The second-order valence-electron chi connectivity index (χ2n) is 10.1. The average molecular weight is 672 g/mol. The fraction of sp³-hybridized carbons (Fsp3) is 0.444. The van der Waals surface area contributed by atoms with E-state index in [1.807, 2.05) is 24.3 Å². The van der Waals surface area contributed by atoms with Crippen LogP contribution in [0, 0.1) is 26.1 Å². The summed E-state index contributed by atoms with van der Waals surface area (Å²) in [5, 5.41) is 21.4. The van der Waals surface area contributed by atoms with Crippen molar-refractivity contribution in [3.05, 3.63) is 79.4 Å². The summed E-state index contributed by atoms with van der Waals surface area (Å²) in [5.41, 5.74) is 1.67. The Morgan fingerprint density at radius 1 is 1.00 bits per heavy atom. The van der Waals surface area contributed by atoms with Gasteiger partial charge in [-0.25, -0.2) is 13.2 Å². The number of carbonyl (C=O) groups is 3. The molecule has 2 aromatic carbocycles. The lowest BCUT2D eigenvalue weighted by Gasteiger charge is -2.16. The molecule has 0 saturated carbocycles. The molecule has 2 unspecified atom stereocenters. The zero-order valence-electron chi connectivity index (χ0n) is 24.8. The number of nitrogens with one attached hydrogen (secondary N) is 1. The van der Waals surface area contributed by atoms with Crippen molar-refractivity contribution >= 4 is 43.2 Å². The first-order valence-corrected chi connectivity index (χ1v) is 16.8. The number of amides is 1. The Bertz CT molecular complexity index is 1480. The van der Waals surface area contributed by atoms with Crippen LogP contribution in [0.4, 0.5) is 5.69 Å². The van der Waals surface area contributed by atoms with Gasteiger partial charge in [-0.05, 0) is 59.4 Å². The number of rotatable bonds is 18. The number of anilines is 1. The van der Waals surface area contributed by atoms with Gasteiger partial charge in [0.15, 0.2) is 8.87 Å². The molecule has 0 saturated heterocycles. The van der Waals surface area contributed by atoms with Gasteiger partial charge in [-0.3, -0.25) is 9.59 Å². The van der Waals surface area contributed by atoms with Crippen molar-refractivity contribution < 1.29 is 52.1 Å². The van der Waals surface area contributed by atoms with Gasteiger partial charge in [0.05, 0.1) is 12.3 Å². The van der Waals surface area contributed by atoms with Crippen LogP contribution in [0.5, 0.6) is 5.75 Å². The highest BCUT2D eigenvalue weighted by molar-refractivity contribution is 8.71. The molecule has 1 N–H and O–H groups in total. The molecule has 0 aromatic heterocycles. The molecule has 0 heterocycles. The summed E-state index contributed by atoms with van der Waals surface area (Å²) in [4.78, 5) is 68.0. The molecule has 246 valence electrons. The Balaban J connectivity index is 2.25. The van der Waals surface area contributed by atoms with Crippen LogP contribution in [0.15, 0.2) is 42.5 Å². The van der Waals surface area contributed by atoms with Crippen LogP contribution < -0.4 is 10.1 Å². The third-order valence-corrected chi connectivity index (χ3v) is 8.36. The maximum Gasteiger partial charge on any atom is 0.342 e. The van der Waals surface area contributed by atoms with E-state index in [1.165, 1.54) is 12.1 Å². The van der Waals surface area contributed by atoms with Gasteiger partial charge in [-0.15, -0.1) is 20.2 Å². The third kappa shape index (κ3) is 13.8. The number of nitrogens with zero attached hydrogens (tertiary/aromatic N) is 2. The summed E-state index contributed by atoms with van der Waals surface area (Å²) < 4.78 is 33.0. The molecule has 0 aliphatic rings. The Kier molecular flexibility index (Phi) is 14.0. The van der Waals surface area contributed by atoms with Crippen molar-refractivity contribution in [1.29, 1.82) is 0 Å². The van der Waals surface area contributed by atoms with Crippen LogP contribution in [0.1, 0.15) is 54.6 Å². The highest BCUT2D eigenvalue weighted by Gasteiger charge is 2.24. The summed E-state index contributed by atoms with van der Waals surface area (Å²) in [6, 6.07) is 11.3. The fourth-order valence-corrected chi connectivity index (χ4v) is 5.38. The normalized spacial score (nSPS) is 12.5. The lowest BCUT2D eigenvalue weighted by molar-refractivity contribution is -0.789. The monoisotopic (exact) mass is 671 g/mol. The molecule has 2 aromatic rings. The first-order chi connectivity index (χ1) is 21.0. The van der Waals surface area contributed by atoms with Gasteiger partial charge >= 0.3 is 11.9 Å². The molecular weight excluding hydrogens is 638 g/mol. The minimum atomic E-state index is -3.40. The molecule has 45 heavy (non-hydrogen) atoms. The summed E-state index contributed by atoms with van der Waals surface area (Å²) in [6.07, 6.45) is -0.711. The highest BCUT2D eigenvalue weighted by Crippen LogP contribution is 2.27. The van der Waals surface area contributed by atoms with E-state index in [2.05, 4.69) is 28.8 Å². The number of ether oxygens (including phenoxy) is 2. The molecule has 2 rings (SSSR count). The van der Waals surface area contributed by atoms with Gasteiger partial charge in [0, 0.05) is 17.7 Å². The number of esters is 2. The maximum absolute atomic E-state index is 13.0. The van der Waals surface area contributed by atoms with Crippen LogP contribution in [-0.2, 0) is 39.3 Å². The van der Waals surface area contributed by atoms with Gasteiger partial charge in [0.2, 0.25) is 5.91 Å². The molecule has 0 aliphatic carbocycles. The van der Waals surface area contributed by atoms with Gasteiger partial charge < -0.3 is 24.5 Å². The predicted octanol–water partition coefficient (Wildman–Crippen LogP) is 3.56. The number of benzene rings is 2. The van der Waals surface area contributed by atoms with Crippen LogP contribution in [0.25, 0.3) is 0 Å². The molecule has 2 atom stereocenters. The lowest BCUT2D eigenvalue weighted by atomic mass is 9.96. The van der Waals surface area contributed by atoms with E-state index in [9.17, 15) is 43.0 Å². The second-order valence-corrected chi connectivity index (χ2v) is 14.6. The van der Waals surface area contributed by atoms with Crippen molar-refractivity contribution in [2.75, 3.05) is 30.5 Å². The van der Waals surface area contributed by atoms with Crippen molar-refractivity contribution in [3.63, 3.8) is 0 Å². The predicted molar refractivity (Wildman–Crippen MR) is 161 cm³/mol. The van der Waals surface area contributed by atoms with E-state index in [0.717, 1.165) is 29.9 Å². The van der Waals surface area contributed by atoms with Crippen molar-refractivity contribution in [1.82, 2.24) is 0 Å². The Labute approximate surface area is 262 Å². The second kappa shape index (κ2) is 17.1. The smallest absolute Gasteiger partial charge is 0.342 e. The molecule has 0 spiro atoms. The minimum absolute atomic E-state index is 0.0973. The van der Waals surface area contributed by atoms with Crippen molar-refractivity contribution in [2.24, 2.45) is 5.92 Å². The summed E-state index contributed by atoms with van der Waals surface area (Å²) in [6.45, 7) is 4.61. The van der Waals surface area contributed by atoms with Crippen molar-refractivity contribution in [2.45, 2.75) is 45.6 Å². The average Bonchev–Trinajstić information content (AvgIpc) is 2.93. The van der Waals surface area contributed by atoms with Crippen LogP contribution in [0.3, 0.4) is 0 Å². The summed E-state index contributed by atoms with van der Waals surface area (Å²) >= 11 is 0. The van der Waals surface area contributed by atoms with Gasteiger partial charge in [-0.2, -0.15) is 0 Å². The van der Waals surface area contributed by atoms with Crippen LogP contribution in [0.2, 0.25) is 0 Å². The van der Waals surface area contributed by atoms with Crippen molar-refractivity contribution in [3.8, 4) is 5.75 Å². The summed E-state index contributed by atoms with van der Waals surface area (Å²) in [5.74, 6) is -3.21. The van der Waals surface area contributed by atoms with E-state index in [1.54, 1.807) is 6.92 Å². The van der Waals surface area contributed by atoms with E-state index in [0.29, 0.717) is 16.7 Å². The molecule has 18 heteroatoms. The SMILES string of the molecule is CC(C)Cc1ccc(C(C)C(=O)Nc2ccc(OC(=O)CC(CO[N+](=O)[O-])O[N+](=O)[O-])c(C(=O)OCCSS(C)(=O)=O)c2)cc1. The highest BCUT2D eigenvalue weighted by atomic mass is 33.1. The van der Waals surface area contributed by atoms with E-state index < -0.39 is 61.9 Å². The first-order valence-electron chi connectivity index (χ1n) is 13.4. The van der Waals surface area contributed by atoms with E-state index in [-0.39, 0.29) is 29.4 Å². The minimum Gasteiger partial charge on any atom is -0.461 e. The van der Waals surface area contributed by atoms with Crippen LogP contribution >= 0.6 is 10.8 Å². The maximum atomic E-state index is 13.0. The van der Waals surface area contributed by atoms with E-state index in [4.69, 9.17) is 9.47 Å². The van der Waals surface area contributed by atoms with Gasteiger partial charge in [-0.1, -0.05) is 38.1 Å². The van der Waals surface area contributed by atoms with Gasteiger partial charge in [0.1, 0.15) is 30.6 Å². The van der Waals surface area contributed by atoms with Crippen LogP contribution in [-0.4, -0.2) is 67.8 Å². The third-order valence-electron chi connectivity index (χ3n) is 5.82.